The molecule has 0 aromatic carbocycles. The SMILES string of the molecule is C#CCNC(=O)[C@H](CCCNC(=N)N)NC(=O)[C@H](CCCNC(=N)N)NC(=O)[C@H](CCCNC(=N)N)NC(=O)[C@H](CCCNC(=N)N)NC(=O)[C@H](CCCNC(=N)N)NC(=O)[C@H](CCCNC(=N)N)NC(=O)[C@H](CCCNC(=N)N)NC(=O)[C@H](CCCNC(=N)N)NC(=O)[C@@H](N)CCCNC(=N)N. The molecule has 0 aromatic heterocycles. The number of hydrogen-bond acceptors (Lipinski definition) is 19. The molecule has 46 heteroatoms. The summed E-state index contributed by atoms with van der Waals surface area (Å²) in [5.74, 6) is -9.25. The van der Waals surface area contributed by atoms with E-state index in [1.807, 2.05) is 0 Å². The minimum atomic E-state index is -1.58. The molecule has 0 saturated carbocycles. The van der Waals surface area contributed by atoms with E-state index in [0.717, 1.165) is 0 Å². The average molecular weight is 1460 g/mol. The fourth-order valence-corrected chi connectivity index (χ4v) is 9.51. The number of hydrogen-bond donors (Lipinski definition) is 37. The van der Waals surface area contributed by atoms with Gasteiger partial charge in [0.05, 0.1) is 12.6 Å². The quantitative estimate of drug-likeness (QED) is 0.0116. The van der Waals surface area contributed by atoms with Crippen LogP contribution in [-0.2, 0) is 43.2 Å². The van der Waals surface area contributed by atoms with Gasteiger partial charge in [-0.05, 0) is 116 Å². The third-order valence-electron chi connectivity index (χ3n) is 14.7. The Labute approximate surface area is 597 Å². The molecule has 0 bridgehead atoms. The van der Waals surface area contributed by atoms with Gasteiger partial charge >= 0.3 is 0 Å². The molecule has 0 rings (SSSR count). The number of amides is 9. The third kappa shape index (κ3) is 46.2. The fourth-order valence-electron chi connectivity index (χ4n) is 9.51. The van der Waals surface area contributed by atoms with Crippen molar-refractivity contribution in [1.29, 1.82) is 48.7 Å². The Morgan fingerprint density at radius 2 is 0.388 bits per heavy atom. The predicted molar refractivity (Wildman–Crippen MR) is 388 cm³/mol. The lowest BCUT2D eigenvalue weighted by molar-refractivity contribution is -0.136. The standard InChI is InChI=1S/C57H113N37O9/c1-2-21-77-41(96)32(13-4-23-79-50(61)62)88-43(98)34(15-6-25-81-52(65)66)90-45(100)36(17-8-27-83-54(69)70)92-47(102)38(19-10-29-85-56(73)74)94-48(103)39(20-11-30-86-57(75)76)93-46(101)37(18-9-28-84-55(71)72)91-44(99)35(16-7-26-82-53(67)68)89-42(97)33(14-5-24-80-51(63)64)87-40(95)31(58)12-3-22-78-49(59)60/h1,31-39H,3-30,58H2,(H,77,96)(H,87,95)(H,88,98)(H,89,97)(H,90,100)(H,91,99)(H,92,102)(H,93,101)(H,94,103)(H4,59,60,78)(H4,61,62,79)(H4,63,64,80)(H4,65,66,81)(H4,67,68,82)(H4,69,70,83)(H4,71,72,84)(H4,73,74,85)(H4,75,76,86)/t31-,32-,33-,34-,35-,36-,37-,38-,39-/m0/s1. The summed E-state index contributed by atoms with van der Waals surface area (Å²) in [7, 11) is 0. The zero-order valence-corrected chi connectivity index (χ0v) is 58.0. The van der Waals surface area contributed by atoms with Gasteiger partial charge in [-0.25, -0.2) is 0 Å². The highest BCUT2D eigenvalue weighted by atomic mass is 16.2. The van der Waals surface area contributed by atoms with Crippen molar-refractivity contribution in [3.8, 4) is 12.3 Å². The summed E-state index contributed by atoms with van der Waals surface area (Å²) in [5.41, 5.74) is 55.6. The number of carbonyl (C=O) groups is 9. The first-order valence-corrected chi connectivity index (χ1v) is 33.3. The second-order valence-electron chi connectivity index (χ2n) is 23.4. The number of terminal acetylenes is 1. The van der Waals surface area contributed by atoms with Crippen LogP contribution in [0.15, 0.2) is 0 Å². The summed E-state index contributed by atoms with van der Waals surface area (Å²) in [6.07, 6.45) is 5.24. The Morgan fingerprint density at radius 3 is 0.544 bits per heavy atom. The summed E-state index contributed by atoms with van der Waals surface area (Å²) < 4.78 is 0. The lowest BCUT2D eigenvalue weighted by atomic mass is 10.0. The van der Waals surface area contributed by atoms with E-state index in [4.69, 9.17) is 112 Å². The molecule has 0 fully saturated rings. The Kier molecular flexibility index (Phi) is 47.0. The highest BCUT2D eigenvalue weighted by Crippen LogP contribution is 2.11. The number of nitrogens with two attached hydrogens (primary N) is 10. The van der Waals surface area contributed by atoms with Gasteiger partial charge in [0.1, 0.15) is 48.3 Å². The zero-order chi connectivity index (χ0) is 77.8. The molecule has 0 spiro atoms. The van der Waals surface area contributed by atoms with Gasteiger partial charge in [0, 0.05) is 58.9 Å². The molecule has 9 atom stereocenters. The summed E-state index contributed by atoms with van der Waals surface area (Å²) >= 11 is 0. The van der Waals surface area contributed by atoms with Gasteiger partial charge in [0.15, 0.2) is 53.6 Å². The van der Waals surface area contributed by atoms with Crippen LogP contribution in [0.4, 0.5) is 0 Å². The van der Waals surface area contributed by atoms with E-state index in [1.54, 1.807) is 0 Å². The van der Waals surface area contributed by atoms with Gasteiger partial charge in [-0.2, -0.15) is 0 Å². The number of guanidine groups is 9. The van der Waals surface area contributed by atoms with Crippen molar-refractivity contribution in [1.82, 2.24) is 95.7 Å². The second-order valence-corrected chi connectivity index (χ2v) is 23.4. The van der Waals surface area contributed by atoms with Crippen molar-refractivity contribution in [2.45, 2.75) is 170 Å². The Bertz CT molecular complexity index is 2880. The summed E-state index contributed by atoms with van der Waals surface area (Å²) in [4.78, 5) is 129. The minimum absolute atomic E-state index is 0.00423. The average Bonchev–Trinajstić information content (AvgIpc) is 0.864. The maximum absolute atomic E-state index is 14.9. The monoisotopic (exact) mass is 1460 g/mol. The molecule has 0 heterocycles. The predicted octanol–water partition coefficient (Wildman–Crippen LogP) is -11.7. The first-order chi connectivity index (χ1) is 48.7. The Hall–Kier alpha value is -11.8. The number of rotatable bonds is 54. The molecule has 103 heavy (non-hydrogen) atoms. The third-order valence-corrected chi connectivity index (χ3v) is 14.7. The molecule has 46 nitrogen and oxygen atoms in total. The maximum atomic E-state index is 14.9. The summed E-state index contributed by atoms with van der Waals surface area (Å²) in [5, 5.41) is 115. The first kappa shape index (κ1) is 91.2. The number of carbonyl (C=O) groups excluding carboxylic acids is 9. The van der Waals surface area contributed by atoms with Crippen LogP contribution in [-0.4, -0.2) is 227 Å². The van der Waals surface area contributed by atoms with E-state index in [1.165, 1.54) is 0 Å². The van der Waals surface area contributed by atoms with E-state index < -0.39 is 137 Å². The maximum Gasteiger partial charge on any atom is 0.243 e. The minimum Gasteiger partial charge on any atom is -0.370 e. The highest BCUT2D eigenvalue weighted by molar-refractivity contribution is 5.98. The molecular formula is C57H113N37O9. The van der Waals surface area contributed by atoms with Crippen LogP contribution < -0.4 is 153 Å². The number of nitrogens with one attached hydrogen (secondary N) is 27. The lowest BCUT2D eigenvalue weighted by Gasteiger charge is -2.28. The smallest absolute Gasteiger partial charge is 0.243 e. The first-order valence-electron chi connectivity index (χ1n) is 33.3. The van der Waals surface area contributed by atoms with Gasteiger partial charge in [0.2, 0.25) is 53.2 Å². The van der Waals surface area contributed by atoms with E-state index in [2.05, 4.69) is 102 Å². The van der Waals surface area contributed by atoms with Gasteiger partial charge in [-0.15, -0.1) is 6.42 Å². The van der Waals surface area contributed by atoms with Gasteiger partial charge in [0.25, 0.3) is 0 Å². The van der Waals surface area contributed by atoms with Crippen molar-refractivity contribution in [2.24, 2.45) is 57.3 Å². The van der Waals surface area contributed by atoms with Crippen LogP contribution in [0.1, 0.15) is 116 Å². The summed E-state index contributed by atoms with van der Waals surface area (Å²) in [6.45, 7) is 0.280. The van der Waals surface area contributed by atoms with Gasteiger partial charge < -0.3 is 153 Å². The van der Waals surface area contributed by atoms with Crippen molar-refractivity contribution in [2.75, 3.05) is 65.4 Å². The molecule has 0 aliphatic carbocycles. The van der Waals surface area contributed by atoms with E-state index >= 15 is 0 Å². The summed E-state index contributed by atoms with van der Waals surface area (Å²) in [6, 6.07) is -12.9. The van der Waals surface area contributed by atoms with Crippen molar-refractivity contribution >= 4 is 107 Å². The van der Waals surface area contributed by atoms with Gasteiger partial charge in [-0.3, -0.25) is 91.8 Å². The van der Waals surface area contributed by atoms with E-state index in [0.29, 0.717) is 6.42 Å². The van der Waals surface area contributed by atoms with Crippen molar-refractivity contribution < 1.29 is 43.2 Å². The van der Waals surface area contributed by atoms with Crippen LogP contribution >= 0.6 is 0 Å². The molecule has 0 aliphatic heterocycles. The largest absolute Gasteiger partial charge is 0.370 e. The van der Waals surface area contributed by atoms with E-state index in [9.17, 15) is 43.2 Å². The molecule has 0 radical (unpaired) electrons. The van der Waals surface area contributed by atoms with E-state index in [-0.39, 0.29) is 198 Å². The van der Waals surface area contributed by atoms with Crippen LogP contribution in [0.2, 0.25) is 0 Å². The molecule has 47 N–H and O–H groups in total. The van der Waals surface area contributed by atoms with Crippen molar-refractivity contribution in [3.63, 3.8) is 0 Å². The Balaban J connectivity index is 7.75. The zero-order valence-electron chi connectivity index (χ0n) is 58.0. The molecular weight excluding hydrogens is 1350 g/mol. The lowest BCUT2D eigenvalue weighted by Crippen LogP contribution is -2.60. The molecule has 0 aliphatic rings. The molecule has 0 unspecified atom stereocenters. The van der Waals surface area contributed by atoms with Crippen LogP contribution in [0.25, 0.3) is 0 Å². The molecule has 0 aromatic rings. The van der Waals surface area contributed by atoms with Gasteiger partial charge in [-0.1, -0.05) is 5.92 Å². The second kappa shape index (κ2) is 53.1. The fraction of sp³-hybridized carbons (Fsp3) is 0.649. The van der Waals surface area contributed by atoms with Crippen molar-refractivity contribution in [3.05, 3.63) is 0 Å². The highest BCUT2D eigenvalue weighted by Gasteiger charge is 2.35. The molecule has 580 valence electrons. The Morgan fingerprint density at radius 1 is 0.243 bits per heavy atom. The topological polar surface area (TPSA) is 845 Å². The normalized spacial score (nSPS) is 13.1. The molecule has 9 amide bonds. The molecule has 0 saturated heterocycles. The van der Waals surface area contributed by atoms with Crippen LogP contribution in [0, 0.1) is 61.0 Å². The van der Waals surface area contributed by atoms with Crippen LogP contribution in [0.5, 0.6) is 0 Å². The van der Waals surface area contributed by atoms with Crippen LogP contribution in [0.3, 0.4) is 0 Å².